The van der Waals surface area contributed by atoms with E-state index >= 15 is 0 Å². The van der Waals surface area contributed by atoms with Gasteiger partial charge in [0, 0.05) is 10.8 Å². The highest BCUT2D eigenvalue weighted by Gasteiger charge is 2.36. The van der Waals surface area contributed by atoms with Crippen LogP contribution in [0.5, 0.6) is 17.2 Å². The average Bonchev–Trinajstić information content (AvgIpc) is 3.51. The van der Waals surface area contributed by atoms with Gasteiger partial charge in [-0.05, 0) is 59.5 Å². The Labute approximate surface area is 273 Å². The Morgan fingerprint density at radius 3 is 2.22 bits per heavy atom. The zero-order chi connectivity index (χ0) is 32.1. The van der Waals surface area contributed by atoms with E-state index in [1.165, 1.54) is 22.9 Å². The summed E-state index contributed by atoms with van der Waals surface area (Å²) >= 11 is 1.34. The largest absolute Gasteiger partial charge is 0.490 e. The van der Waals surface area contributed by atoms with Crippen LogP contribution in [0.1, 0.15) is 43.0 Å². The summed E-state index contributed by atoms with van der Waals surface area (Å²) in [6.45, 7) is 7.46. The number of carbonyl (C=O) groups is 1. The van der Waals surface area contributed by atoms with Gasteiger partial charge in [0.25, 0.3) is 5.91 Å². The van der Waals surface area contributed by atoms with Crippen molar-refractivity contribution in [2.24, 2.45) is 4.99 Å². The number of nitrogens with one attached hydrogen (secondary N) is 1. The third-order valence-electron chi connectivity index (χ3n) is 7.94. The molecule has 0 bridgehead atoms. The molecule has 1 amide bonds. The van der Waals surface area contributed by atoms with Gasteiger partial charge < -0.3 is 14.2 Å². The minimum atomic E-state index is -0.446. The van der Waals surface area contributed by atoms with Gasteiger partial charge in [-0.15, -0.1) is 0 Å². The van der Waals surface area contributed by atoms with Gasteiger partial charge in [0.15, 0.2) is 16.7 Å². The Bertz CT molecular complexity index is 1830. The van der Waals surface area contributed by atoms with Crippen LogP contribution in [0.15, 0.2) is 119 Å². The molecule has 232 valence electrons. The third-order valence-corrected chi connectivity index (χ3v) is 8.77. The summed E-state index contributed by atoms with van der Waals surface area (Å²) in [6.07, 6.45) is 1.68. The zero-order valence-corrected chi connectivity index (χ0v) is 26.8. The van der Waals surface area contributed by atoms with Crippen LogP contribution < -0.4 is 14.2 Å². The van der Waals surface area contributed by atoms with E-state index in [4.69, 9.17) is 19.6 Å². The van der Waals surface area contributed by atoms with E-state index in [0.29, 0.717) is 42.1 Å². The second kappa shape index (κ2) is 13.5. The Kier molecular flexibility index (Phi) is 9.08. The number of nitrogens with zero attached hydrogens (tertiary/aromatic N) is 2. The quantitative estimate of drug-likeness (QED) is 0.133. The van der Waals surface area contributed by atoms with Crippen molar-refractivity contribution < 1.29 is 19.0 Å². The number of ether oxygens (including phenoxy) is 3. The number of amidine groups is 2. The van der Waals surface area contributed by atoms with Gasteiger partial charge in [0.1, 0.15) is 24.8 Å². The molecule has 0 radical (unpaired) electrons. The van der Waals surface area contributed by atoms with E-state index in [2.05, 4.69) is 55.2 Å². The highest BCUT2D eigenvalue weighted by molar-refractivity contribution is 8.17. The minimum absolute atomic E-state index is 0.0854. The Morgan fingerprint density at radius 2 is 1.50 bits per heavy atom. The number of fused-ring (bicyclic) bond motifs is 1. The van der Waals surface area contributed by atoms with Gasteiger partial charge in [0.05, 0.1) is 17.9 Å². The summed E-state index contributed by atoms with van der Waals surface area (Å²) in [7, 11) is 0. The number of hydrogen-bond donors (Lipinski definition) is 1. The second-order valence-electron chi connectivity index (χ2n) is 11.3. The Morgan fingerprint density at radius 1 is 0.826 bits per heavy atom. The molecule has 7 nitrogen and oxygen atoms in total. The number of rotatable bonds is 11. The van der Waals surface area contributed by atoms with E-state index in [9.17, 15) is 4.79 Å². The van der Waals surface area contributed by atoms with Crippen molar-refractivity contribution in [2.75, 3.05) is 19.8 Å². The fourth-order valence-corrected chi connectivity index (χ4v) is 6.27. The van der Waals surface area contributed by atoms with Gasteiger partial charge in [-0.3, -0.25) is 15.1 Å². The molecule has 2 aliphatic rings. The lowest BCUT2D eigenvalue weighted by Crippen LogP contribution is -2.38. The SMILES string of the molecule is CCOc1cc(/C=C2/C(=N)N3C(c4ccccc4)=CSC3=NC2=O)ccc1OCCOc1ccc(C(C)(C)c2ccccc2)cc1. The molecular weight excluding hydrogens is 595 g/mol. The topological polar surface area (TPSA) is 84.2 Å². The smallest absolute Gasteiger partial charge is 0.283 e. The molecule has 46 heavy (non-hydrogen) atoms. The molecule has 8 heteroatoms. The monoisotopic (exact) mass is 629 g/mol. The van der Waals surface area contributed by atoms with Crippen molar-refractivity contribution >= 4 is 40.4 Å². The third kappa shape index (κ3) is 6.48. The Balaban J connectivity index is 1.10. The molecule has 6 rings (SSSR count). The van der Waals surface area contributed by atoms with Gasteiger partial charge in [0.2, 0.25) is 0 Å². The lowest BCUT2D eigenvalue weighted by Gasteiger charge is -2.27. The van der Waals surface area contributed by atoms with Crippen molar-refractivity contribution in [1.29, 1.82) is 5.41 Å². The normalized spacial score (nSPS) is 15.4. The maximum absolute atomic E-state index is 13.0. The number of hydrogen-bond acceptors (Lipinski definition) is 6. The van der Waals surface area contributed by atoms with E-state index in [1.807, 2.05) is 79.1 Å². The predicted molar refractivity (Wildman–Crippen MR) is 186 cm³/mol. The minimum Gasteiger partial charge on any atom is -0.490 e. The molecule has 2 heterocycles. The van der Waals surface area contributed by atoms with E-state index in [0.717, 1.165) is 17.0 Å². The summed E-state index contributed by atoms with van der Waals surface area (Å²) in [5.41, 5.74) is 5.04. The van der Waals surface area contributed by atoms with Crippen LogP contribution in [0.4, 0.5) is 0 Å². The molecule has 0 fully saturated rings. The maximum Gasteiger partial charge on any atom is 0.283 e. The van der Waals surface area contributed by atoms with Crippen molar-refractivity contribution in [1.82, 2.24) is 4.90 Å². The van der Waals surface area contributed by atoms with Crippen LogP contribution in [-0.2, 0) is 10.2 Å². The fourth-order valence-electron chi connectivity index (χ4n) is 5.38. The first-order valence-electron chi connectivity index (χ1n) is 15.2. The highest BCUT2D eigenvalue weighted by Crippen LogP contribution is 2.38. The lowest BCUT2D eigenvalue weighted by atomic mass is 9.78. The summed E-state index contributed by atoms with van der Waals surface area (Å²) in [5.74, 6) is 1.53. The van der Waals surface area contributed by atoms with Crippen LogP contribution >= 0.6 is 11.8 Å². The highest BCUT2D eigenvalue weighted by atomic mass is 32.2. The van der Waals surface area contributed by atoms with E-state index in [1.54, 1.807) is 11.0 Å². The van der Waals surface area contributed by atoms with Crippen molar-refractivity contribution in [2.45, 2.75) is 26.2 Å². The van der Waals surface area contributed by atoms with Gasteiger partial charge >= 0.3 is 0 Å². The fraction of sp³-hybridized carbons (Fsp3) is 0.184. The molecule has 4 aromatic carbocycles. The van der Waals surface area contributed by atoms with Gasteiger partial charge in [-0.2, -0.15) is 4.99 Å². The molecule has 0 saturated carbocycles. The van der Waals surface area contributed by atoms with E-state index < -0.39 is 5.91 Å². The van der Waals surface area contributed by atoms with Crippen LogP contribution in [0, 0.1) is 5.41 Å². The standard InChI is InChI=1S/C38H35N3O4S/c1-4-43-34-24-26(23-31-35(39)41-32(27-11-7-5-8-12-27)25-46-37(41)40-36(31)42)15-20-33(34)45-22-21-44-30-18-16-29(17-19-30)38(2,3)28-13-9-6-10-14-28/h5-20,23-25,39H,4,21-22H2,1-3H3/b31-23-,39-35?. The first-order chi connectivity index (χ1) is 22.3. The van der Waals surface area contributed by atoms with Crippen molar-refractivity contribution in [3.05, 3.63) is 136 Å². The maximum atomic E-state index is 13.0. The predicted octanol–water partition coefficient (Wildman–Crippen LogP) is 8.17. The first kappa shape index (κ1) is 30.9. The summed E-state index contributed by atoms with van der Waals surface area (Å²) in [5, 5.41) is 11.3. The molecule has 0 aliphatic carbocycles. The molecule has 2 aliphatic heterocycles. The summed E-state index contributed by atoms with van der Waals surface area (Å²) in [6, 6.07) is 33.9. The number of aliphatic imine (C=N–C) groups is 1. The summed E-state index contributed by atoms with van der Waals surface area (Å²) < 4.78 is 17.9. The zero-order valence-electron chi connectivity index (χ0n) is 26.0. The number of amides is 1. The van der Waals surface area contributed by atoms with E-state index in [-0.39, 0.29) is 16.8 Å². The molecule has 0 aromatic heterocycles. The number of benzene rings is 4. The molecule has 0 saturated heterocycles. The number of thioether (sulfide) groups is 1. The number of carbonyl (C=O) groups excluding carboxylic acids is 1. The second-order valence-corrected chi connectivity index (χ2v) is 12.1. The molecule has 0 atom stereocenters. The molecule has 1 N–H and O–H groups in total. The first-order valence-corrected chi connectivity index (χ1v) is 16.1. The van der Waals surface area contributed by atoms with Crippen LogP contribution in [-0.4, -0.2) is 41.6 Å². The summed E-state index contributed by atoms with van der Waals surface area (Å²) in [4.78, 5) is 18.9. The van der Waals surface area contributed by atoms with Crippen LogP contribution in [0.3, 0.4) is 0 Å². The molecular formula is C38H35N3O4S. The lowest BCUT2D eigenvalue weighted by molar-refractivity contribution is -0.114. The van der Waals surface area contributed by atoms with Crippen molar-refractivity contribution in [3.8, 4) is 17.2 Å². The van der Waals surface area contributed by atoms with Gasteiger partial charge in [-0.25, -0.2) is 0 Å². The van der Waals surface area contributed by atoms with Crippen LogP contribution in [0.25, 0.3) is 11.8 Å². The van der Waals surface area contributed by atoms with Gasteiger partial charge in [-0.1, -0.05) is 104 Å². The molecule has 4 aromatic rings. The molecule has 0 spiro atoms. The molecule has 0 unspecified atom stereocenters. The average molecular weight is 630 g/mol. The van der Waals surface area contributed by atoms with Crippen LogP contribution in [0.2, 0.25) is 0 Å². The Hall–Kier alpha value is -5.08. The van der Waals surface area contributed by atoms with Crippen molar-refractivity contribution in [3.63, 3.8) is 0 Å².